The molecule has 0 bridgehead atoms. The predicted molar refractivity (Wildman–Crippen MR) is 141 cm³/mol. The van der Waals surface area contributed by atoms with Gasteiger partial charge in [-0.05, 0) is 24.1 Å². The largest absolute Gasteiger partial charge is 0.496 e. The SMILES string of the molecule is COc1cc([C@@H]2CC(=O)NC3=C2C(=O)[C@@]2(Oc4c(Cl)c(OC)cc(OC)c4C2=O)[C@H](C)C3)ccc1OCC(N)=O. The molecule has 1 aliphatic carbocycles. The number of hydrogen-bond acceptors (Lipinski definition) is 9. The number of carbonyl (C=O) groups excluding carboxylic acids is 4. The van der Waals surface area contributed by atoms with Crippen LogP contribution in [0.3, 0.4) is 0 Å². The standard InChI is InChI=1S/C28H27ClN2O9/c1-12-7-15-22(14(9-21(33)31-15)13-5-6-16(17(8-13)36-2)39-11-20(30)32)26(34)28(12)27(35)23-18(37-3)10-19(38-4)24(29)25(23)40-28/h5-6,8,10,12,14H,7,9,11H2,1-4H3,(H2,30,32)(H,31,33)/t12-,14+,28+/m1/s1. The number of nitrogens with one attached hydrogen (secondary N) is 1. The average Bonchev–Trinajstić information content (AvgIpc) is 3.25. The van der Waals surface area contributed by atoms with Crippen molar-refractivity contribution in [3.8, 4) is 28.7 Å². The quantitative estimate of drug-likeness (QED) is 0.478. The topological polar surface area (TPSA) is 152 Å². The summed E-state index contributed by atoms with van der Waals surface area (Å²) in [6.45, 7) is 1.36. The van der Waals surface area contributed by atoms with E-state index in [-0.39, 0.29) is 70.3 Å². The van der Waals surface area contributed by atoms with Gasteiger partial charge >= 0.3 is 0 Å². The Morgan fingerprint density at radius 1 is 1.02 bits per heavy atom. The summed E-state index contributed by atoms with van der Waals surface area (Å²) >= 11 is 6.53. The number of amides is 2. The van der Waals surface area contributed by atoms with Crippen LogP contribution in [0.25, 0.3) is 0 Å². The number of nitrogens with two attached hydrogens (primary N) is 1. The maximum absolute atomic E-state index is 14.5. The van der Waals surface area contributed by atoms with Crippen LogP contribution in [0.15, 0.2) is 35.5 Å². The van der Waals surface area contributed by atoms with E-state index in [0.717, 1.165) is 0 Å². The van der Waals surface area contributed by atoms with Crippen LogP contribution in [0.5, 0.6) is 28.7 Å². The van der Waals surface area contributed by atoms with Gasteiger partial charge in [-0.1, -0.05) is 24.6 Å². The molecule has 2 aromatic carbocycles. The lowest BCUT2D eigenvalue weighted by molar-refractivity contribution is -0.131. The van der Waals surface area contributed by atoms with Crippen LogP contribution in [-0.4, -0.2) is 56.9 Å². The van der Waals surface area contributed by atoms with Gasteiger partial charge in [-0.2, -0.15) is 0 Å². The van der Waals surface area contributed by atoms with Crippen LogP contribution >= 0.6 is 11.6 Å². The van der Waals surface area contributed by atoms with Gasteiger partial charge in [0, 0.05) is 35.6 Å². The van der Waals surface area contributed by atoms with E-state index in [2.05, 4.69) is 5.32 Å². The molecule has 3 atom stereocenters. The highest BCUT2D eigenvalue weighted by atomic mass is 35.5. The van der Waals surface area contributed by atoms with Crippen LogP contribution in [0.4, 0.5) is 0 Å². The lowest BCUT2D eigenvalue weighted by Gasteiger charge is -2.41. The molecule has 40 heavy (non-hydrogen) atoms. The summed E-state index contributed by atoms with van der Waals surface area (Å²) in [4.78, 5) is 52.5. The summed E-state index contributed by atoms with van der Waals surface area (Å²) in [7, 11) is 4.23. The van der Waals surface area contributed by atoms with Crippen LogP contribution in [0.2, 0.25) is 5.02 Å². The first kappa shape index (κ1) is 27.3. The summed E-state index contributed by atoms with van der Waals surface area (Å²) in [6.07, 6.45) is 0.135. The molecule has 0 radical (unpaired) electrons. The number of primary amides is 1. The minimum absolute atomic E-state index is 0.0149. The molecule has 0 saturated heterocycles. The second kappa shape index (κ2) is 10.1. The molecular weight excluding hydrogens is 544 g/mol. The van der Waals surface area contributed by atoms with E-state index in [4.69, 9.17) is 41.0 Å². The van der Waals surface area contributed by atoms with Gasteiger partial charge in [0.15, 0.2) is 23.9 Å². The van der Waals surface area contributed by atoms with Gasteiger partial charge in [0.1, 0.15) is 22.1 Å². The Morgan fingerprint density at radius 2 is 1.73 bits per heavy atom. The highest BCUT2D eigenvalue weighted by molar-refractivity contribution is 6.36. The fraction of sp³-hybridized carbons (Fsp3) is 0.357. The number of halogens is 1. The van der Waals surface area contributed by atoms with E-state index in [0.29, 0.717) is 11.3 Å². The number of Topliss-reactive ketones (excluding diaryl/α,β-unsaturated/α-hetero) is 2. The molecule has 12 heteroatoms. The molecule has 3 aliphatic rings. The number of ether oxygens (including phenoxy) is 5. The Morgan fingerprint density at radius 3 is 2.38 bits per heavy atom. The fourth-order valence-corrected chi connectivity index (χ4v) is 5.91. The molecular formula is C28H27ClN2O9. The molecule has 210 valence electrons. The molecule has 11 nitrogen and oxygen atoms in total. The third-order valence-corrected chi connectivity index (χ3v) is 7.88. The first-order valence-electron chi connectivity index (χ1n) is 12.4. The van der Waals surface area contributed by atoms with E-state index in [1.807, 2.05) is 0 Å². The van der Waals surface area contributed by atoms with Crippen LogP contribution in [0, 0.1) is 5.92 Å². The number of hydrogen-bond donors (Lipinski definition) is 2. The molecule has 0 saturated carbocycles. The predicted octanol–water partition coefficient (Wildman–Crippen LogP) is 2.71. The zero-order valence-electron chi connectivity index (χ0n) is 22.2. The molecule has 2 amide bonds. The summed E-state index contributed by atoms with van der Waals surface area (Å²) in [6, 6.07) is 6.34. The minimum Gasteiger partial charge on any atom is -0.496 e. The van der Waals surface area contributed by atoms with Crippen molar-refractivity contribution >= 4 is 35.0 Å². The van der Waals surface area contributed by atoms with Crippen molar-refractivity contribution in [1.29, 1.82) is 0 Å². The Hall–Kier alpha value is -4.25. The van der Waals surface area contributed by atoms with Crippen molar-refractivity contribution in [2.24, 2.45) is 11.7 Å². The Kier molecular flexibility index (Phi) is 6.87. The zero-order chi connectivity index (χ0) is 28.9. The van der Waals surface area contributed by atoms with E-state index >= 15 is 0 Å². The summed E-state index contributed by atoms with van der Waals surface area (Å²) in [5.74, 6) is -2.49. The van der Waals surface area contributed by atoms with Crippen molar-refractivity contribution in [3.05, 3.63) is 51.7 Å². The first-order valence-corrected chi connectivity index (χ1v) is 12.8. The number of rotatable bonds is 7. The van der Waals surface area contributed by atoms with Crippen LogP contribution in [0.1, 0.15) is 41.6 Å². The molecule has 3 N–H and O–H groups in total. The number of fused-ring (bicyclic) bond motifs is 1. The summed E-state index contributed by atoms with van der Waals surface area (Å²) < 4.78 is 27.8. The smallest absolute Gasteiger partial charge is 0.255 e. The summed E-state index contributed by atoms with van der Waals surface area (Å²) in [5, 5.41) is 2.87. The van der Waals surface area contributed by atoms with E-state index < -0.39 is 34.9 Å². The zero-order valence-corrected chi connectivity index (χ0v) is 23.0. The van der Waals surface area contributed by atoms with Gasteiger partial charge in [-0.3, -0.25) is 19.2 Å². The number of methoxy groups -OCH3 is 3. The molecule has 5 rings (SSSR count). The third kappa shape index (κ3) is 4.03. The third-order valence-electron chi connectivity index (χ3n) is 7.52. The van der Waals surface area contributed by atoms with Gasteiger partial charge in [-0.25, -0.2) is 0 Å². The number of allylic oxidation sites excluding steroid dienone is 1. The van der Waals surface area contributed by atoms with E-state index in [1.54, 1.807) is 25.1 Å². The lowest BCUT2D eigenvalue weighted by Crippen LogP contribution is -2.59. The molecule has 1 spiro atoms. The van der Waals surface area contributed by atoms with Crippen LogP contribution < -0.4 is 34.7 Å². The van der Waals surface area contributed by atoms with Crippen molar-refractivity contribution in [2.45, 2.75) is 31.3 Å². The first-order chi connectivity index (χ1) is 19.1. The molecule has 2 aliphatic heterocycles. The highest BCUT2D eigenvalue weighted by Crippen LogP contribution is 2.55. The van der Waals surface area contributed by atoms with E-state index in [1.165, 1.54) is 27.4 Å². The monoisotopic (exact) mass is 570 g/mol. The average molecular weight is 571 g/mol. The van der Waals surface area contributed by atoms with Crippen molar-refractivity contribution in [3.63, 3.8) is 0 Å². The molecule has 0 fully saturated rings. The molecule has 0 unspecified atom stereocenters. The Balaban J connectivity index is 1.60. The maximum atomic E-state index is 14.5. The van der Waals surface area contributed by atoms with Gasteiger partial charge in [0.05, 0.1) is 21.3 Å². The molecule has 0 aromatic heterocycles. The highest BCUT2D eigenvalue weighted by Gasteiger charge is 2.63. The minimum atomic E-state index is -1.92. The molecule has 2 heterocycles. The second-order valence-electron chi connectivity index (χ2n) is 9.76. The van der Waals surface area contributed by atoms with Crippen LogP contribution in [-0.2, 0) is 14.4 Å². The van der Waals surface area contributed by atoms with E-state index in [9.17, 15) is 19.2 Å². The Labute approximate surface area is 234 Å². The van der Waals surface area contributed by atoms with Crippen molar-refractivity contribution in [2.75, 3.05) is 27.9 Å². The Bertz CT molecular complexity index is 1500. The maximum Gasteiger partial charge on any atom is 0.255 e. The number of carbonyl (C=O) groups is 4. The number of ketones is 2. The second-order valence-corrected chi connectivity index (χ2v) is 10.1. The normalized spacial score (nSPS) is 23.3. The van der Waals surface area contributed by atoms with Gasteiger partial charge in [0.2, 0.25) is 23.1 Å². The van der Waals surface area contributed by atoms with Crippen molar-refractivity contribution < 1.29 is 42.9 Å². The van der Waals surface area contributed by atoms with Gasteiger partial charge < -0.3 is 34.7 Å². The number of benzene rings is 2. The van der Waals surface area contributed by atoms with Gasteiger partial charge in [0.25, 0.3) is 5.91 Å². The molecule has 2 aromatic rings. The van der Waals surface area contributed by atoms with Crippen molar-refractivity contribution in [1.82, 2.24) is 5.32 Å². The lowest BCUT2D eigenvalue weighted by atomic mass is 9.66. The summed E-state index contributed by atoms with van der Waals surface area (Å²) in [5.41, 5.74) is 4.59. The fourth-order valence-electron chi connectivity index (χ4n) is 5.64. The van der Waals surface area contributed by atoms with Gasteiger partial charge in [-0.15, -0.1) is 0 Å².